The standard InChI is InChI=1S/C15H13F3N2O3/c16-15(17,18)14(19)11-2-1-3-13(8-11)23-9-10-4-6-12(7-5-10)20(21)22/h1-8,14H,9,19H2/t14-/m1/s1. The van der Waals surface area contributed by atoms with E-state index in [4.69, 9.17) is 10.5 Å². The smallest absolute Gasteiger partial charge is 0.407 e. The van der Waals surface area contributed by atoms with Crippen molar-refractivity contribution in [1.29, 1.82) is 0 Å². The van der Waals surface area contributed by atoms with Crippen molar-refractivity contribution >= 4 is 5.69 Å². The minimum atomic E-state index is -4.53. The molecular formula is C15H13F3N2O3. The van der Waals surface area contributed by atoms with Gasteiger partial charge >= 0.3 is 6.18 Å². The molecule has 2 aromatic carbocycles. The summed E-state index contributed by atoms with van der Waals surface area (Å²) in [4.78, 5) is 10.0. The predicted molar refractivity (Wildman–Crippen MR) is 76.9 cm³/mol. The van der Waals surface area contributed by atoms with Crippen LogP contribution in [0.4, 0.5) is 18.9 Å². The lowest BCUT2D eigenvalue weighted by molar-refractivity contribution is -0.384. The number of non-ortho nitro benzene ring substituents is 1. The molecule has 0 bridgehead atoms. The van der Waals surface area contributed by atoms with E-state index >= 15 is 0 Å². The normalized spacial score (nSPS) is 12.7. The number of hydrogen-bond donors (Lipinski definition) is 1. The molecule has 8 heteroatoms. The number of halogens is 3. The third-order valence-electron chi connectivity index (χ3n) is 3.12. The molecule has 122 valence electrons. The molecule has 0 saturated carbocycles. The highest BCUT2D eigenvalue weighted by atomic mass is 19.4. The monoisotopic (exact) mass is 326 g/mol. The third kappa shape index (κ3) is 4.43. The fraction of sp³-hybridized carbons (Fsp3) is 0.200. The van der Waals surface area contributed by atoms with Gasteiger partial charge in [-0.05, 0) is 35.4 Å². The number of nitro benzene ring substituents is 1. The quantitative estimate of drug-likeness (QED) is 0.670. The Balaban J connectivity index is 2.05. The van der Waals surface area contributed by atoms with Crippen LogP contribution in [0.1, 0.15) is 17.2 Å². The van der Waals surface area contributed by atoms with Crippen molar-refractivity contribution in [2.75, 3.05) is 0 Å². The van der Waals surface area contributed by atoms with Crippen molar-refractivity contribution < 1.29 is 22.8 Å². The van der Waals surface area contributed by atoms with Crippen LogP contribution in [0.25, 0.3) is 0 Å². The number of nitrogens with zero attached hydrogens (tertiary/aromatic N) is 1. The summed E-state index contributed by atoms with van der Waals surface area (Å²) >= 11 is 0. The van der Waals surface area contributed by atoms with Gasteiger partial charge in [-0.2, -0.15) is 13.2 Å². The third-order valence-corrected chi connectivity index (χ3v) is 3.12. The minimum absolute atomic E-state index is 0.0492. The Labute approximate surface area is 129 Å². The molecule has 0 aliphatic heterocycles. The van der Waals surface area contributed by atoms with Gasteiger partial charge in [0.2, 0.25) is 0 Å². The summed E-state index contributed by atoms with van der Waals surface area (Å²) in [7, 11) is 0. The maximum absolute atomic E-state index is 12.6. The van der Waals surface area contributed by atoms with E-state index in [1.165, 1.54) is 48.5 Å². The van der Waals surface area contributed by atoms with Gasteiger partial charge in [0.25, 0.3) is 5.69 Å². The van der Waals surface area contributed by atoms with Crippen molar-refractivity contribution in [1.82, 2.24) is 0 Å². The van der Waals surface area contributed by atoms with Crippen LogP contribution in [0.5, 0.6) is 5.75 Å². The summed E-state index contributed by atoms with van der Waals surface area (Å²) in [6.07, 6.45) is -4.53. The maximum atomic E-state index is 12.6. The first-order valence-corrected chi connectivity index (χ1v) is 6.56. The zero-order chi connectivity index (χ0) is 17.0. The summed E-state index contributed by atoms with van der Waals surface area (Å²) in [6.45, 7) is 0.0721. The number of nitro groups is 1. The topological polar surface area (TPSA) is 78.4 Å². The molecular weight excluding hydrogens is 313 g/mol. The van der Waals surface area contributed by atoms with Crippen molar-refractivity contribution in [3.05, 3.63) is 69.8 Å². The first-order chi connectivity index (χ1) is 10.8. The Morgan fingerprint density at radius 3 is 2.39 bits per heavy atom. The van der Waals surface area contributed by atoms with Gasteiger partial charge in [-0.1, -0.05) is 12.1 Å². The van der Waals surface area contributed by atoms with Crippen LogP contribution in [-0.2, 0) is 6.61 Å². The second-order valence-electron chi connectivity index (χ2n) is 4.80. The first kappa shape index (κ1) is 16.8. The minimum Gasteiger partial charge on any atom is -0.489 e. The number of hydrogen-bond acceptors (Lipinski definition) is 4. The van der Waals surface area contributed by atoms with Crippen molar-refractivity contribution in [2.24, 2.45) is 5.73 Å². The number of rotatable bonds is 5. The van der Waals surface area contributed by atoms with Gasteiger partial charge in [0.05, 0.1) is 4.92 Å². The highest BCUT2D eigenvalue weighted by Gasteiger charge is 2.37. The lowest BCUT2D eigenvalue weighted by Gasteiger charge is -2.16. The second kappa shape index (κ2) is 6.66. The molecule has 23 heavy (non-hydrogen) atoms. The molecule has 2 N–H and O–H groups in total. The van der Waals surface area contributed by atoms with Crippen molar-refractivity contribution in [2.45, 2.75) is 18.8 Å². The van der Waals surface area contributed by atoms with Crippen LogP contribution >= 0.6 is 0 Å². The lowest BCUT2D eigenvalue weighted by Crippen LogP contribution is -2.28. The molecule has 1 atom stereocenters. The second-order valence-corrected chi connectivity index (χ2v) is 4.80. The summed E-state index contributed by atoms with van der Waals surface area (Å²) in [5, 5.41) is 10.5. The van der Waals surface area contributed by atoms with Crippen LogP contribution in [0.15, 0.2) is 48.5 Å². The summed E-state index contributed by atoms with van der Waals surface area (Å²) in [5.41, 5.74) is 5.66. The van der Waals surface area contributed by atoms with E-state index in [-0.39, 0.29) is 23.6 Å². The van der Waals surface area contributed by atoms with E-state index in [2.05, 4.69) is 0 Å². The zero-order valence-corrected chi connectivity index (χ0v) is 11.8. The Morgan fingerprint density at radius 2 is 1.83 bits per heavy atom. The van der Waals surface area contributed by atoms with E-state index in [0.29, 0.717) is 5.56 Å². The predicted octanol–water partition coefficient (Wildman–Crippen LogP) is 3.74. The Hall–Kier alpha value is -2.61. The number of benzene rings is 2. The van der Waals surface area contributed by atoms with Gasteiger partial charge in [0, 0.05) is 12.1 Å². The molecule has 0 radical (unpaired) electrons. The highest BCUT2D eigenvalue weighted by Crippen LogP contribution is 2.31. The molecule has 0 aliphatic carbocycles. The number of alkyl halides is 3. The molecule has 0 aromatic heterocycles. The molecule has 0 aliphatic rings. The summed E-state index contributed by atoms with van der Waals surface area (Å²) in [6, 6.07) is 9.05. The average molecular weight is 326 g/mol. The van der Waals surface area contributed by atoms with Gasteiger partial charge in [-0.3, -0.25) is 10.1 Å². The van der Waals surface area contributed by atoms with Crippen LogP contribution in [0, 0.1) is 10.1 Å². The molecule has 0 fully saturated rings. The lowest BCUT2D eigenvalue weighted by atomic mass is 10.1. The van der Waals surface area contributed by atoms with Crippen LogP contribution < -0.4 is 10.5 Å². The SMILES string of the molecule is N[C@H](c1cccc(OCc2ccc([N+](=O)[O-])cc2)c1)C(F)(F)F. The molecule has 2 aromatic rings. The summed E-state index contributed by atoms with van der Waals surface area (Å²) < 4.78 is 43.2. The van der Waals surface area contributed by atoms with E-state index in [1.807, 2.05) is 0 Å². The average Bonchev–Trinajstić information content (AvgIpc) is 2.52. The van der Waals surface area contributed by atoms with Gasteiger partial charge in [0.1, 0.15) is 18.4 Å². The fourth-order valence-electron chi connectivity index (χ4n) is 1.87. The van der Waals surface area contributed by atoms with Crippen LogP contribution in [0.2, 0.25) is 0 Å². The fourth-order valence-corrected chi connectivity index (χ4v) is 1.87. The molecule has 0 spiro atoms. The molecule has 2 rings (SSSR count). The van der Waals surface area contributed by atoms with E-state index in [1.54, 1.807) is 0 Å². The van der Waals surface area contributed by atoms with Gasteiger partial charge in [0.15, 0.2) is 0 Å². The first-order valence-electron chi connectivity index (χ1n) is 6.56. The number of nitrogens with two attached hydrogens (primary N) is 1. The Morgan fingerprint density at radius 1 is 1.17 bits per heavy atom. The zero-order valence-electron chi connectivity index (χ0n) is 11.8. The molecule has 0 saturated heterocycles. The number of ether oxygens (including phenoxy) is 1. The molecule has 5 nitrogen and oxygen atoms in total. The molecule has 0 amide bonds. The largest absolute Gasteiger partial charge is 0.489 e. The van der Waals surface area contributed by atoms with E-state index in [0.717, 1.165) is 0 Å². The van der Waals surface area contributed by atoms with Crippen LogP contribution in [-0.4, -0.2) is 11.1 Å². The highest BCUT2D eigenvalue weighted by molar-refractivity contribution is 5.34. The molecule has 0 heterocycles. The Bertz CT molecular complexity index is 687. The van der Waals surface area contributed by atoms with Gasteiger partial charge < -0.3 is 10.5 Å². The Kier molecular flexibility index (Phi) is 4.85. The van der Waals surface area contributed by atoms with Gasteiger partial charge in [-0.25, -0.2) is 0 Å². The van der Waals surface area contributed by atoms with E-state index < -0.39 is 17.1 Å². The van der Waals surface area contributed by atoms with E-state index in [9.17, 15) is 23.3 Å². The molecule has 0 unspecified atom stereocenters. The van der Waals surface area contributed by atoms with Crippen LogP contribution in [0.3, 0.4) is 0 Å². The summed E-state index contributed by atoms with van der Waals surface area (Å²) in [5.74, 6) is 0.237. The maximum Gasteiger partial charge on any atom is 0.407 e. The van der Waals surface area contributed by atoms with Gasteiger partial charge in [-0.15, -0.1) is 0 Å². The van der Waals surface area contributed by atoms with Crippen molar-refractivity contribution in [3.63, 3.8) is 0 Å². The van der Waals surface area contributed by atoms with Crippen molar-refractivity contribution in [3.8, 4) is 5.75 Å².